The van der Waals surface area contributed by atoms with Crippen molar-refractivity contribution in [3.63, 3.8) is 0 Å². The summed E-state index contributed by atoms with van der Waals surface area (Å²) in [5.74, 6) is -2.15. The maximum Gasteiger partial charge on any atom is 0.308 e. The van der Waals surface area contributed by atoms with Crippen molar-refractivity contribution in [2.24, 2.45) is 11.7 Å². The van der Waals surface area contributed by atoms with Gasteiger partial charge in [0.25, 0.3) is 5.91 Å². The van der Waals surface area contributed by atoms with E-state index in [-0.39, 0.29) is 13.0 Å². The van der Waals surface area contributed by atoms with Gasteiger partial charge in [-0.1, -0.05) is 6.92 Å². The zero-order valence-electron chi connectivity index (χ0n) is 12.0. The molecule has 21 heavy (non-hydrogen) atoms. The zero-order chi connectivity index (χ0) is 15.8. The Morgan fingerprint density at radius 3 is 2.67 bits per heavy atom. The lowest BCUT2D eigenvalue weighted by Crippen LogP contribution is -2.46. The topological polar surface area (TPSA) is 111 Å². The van der Waals surface area contributed by atoms with Gasteiger partial charge >= 0.3 is 5.97 Å². The van der Waals surface area contributed by atoms with Crippen LogP contribution in [-0.2, 0) is 14.3 Å². The molecule has 0 bridgehead atoms. The van der Waals surface area contributed by atoms with Gasteiger partial charge in [-0.15, -0.1) is 0 Å². The second-order valence-corrected chi connectivity index (χ2v) is 4.56. The monoisotopic (exact) mass is 293 g/mol. The molecule has 0 spiro atoms. The highest BCUT2D eigenvalue weighted by molar-refractivity contribution is 5.97. The van der Waals surface area contributed by atoms with E-state index in [2.05, 4.69) is 10.3 Å². The van der Waals surface area contributed by atoms with Gasteiger partial charge in [-0.3, -0.25) is 19.4 Å². The summed E-state index contributed by atoms with van der Waals surface area (Å²) in [4.78, 5) is 38.8. The maximum absolute atomic E-state index is 12.0. The molecule has 0 aliphatic carbocycles. The summed E-state index contributed by atoms with van der Waals surface area (Å²) < 4.78 is 4.86. The SMILES string of the molecule is CCOC(=O)[C@H](C)C[C@@H](NC(=O)c1cccnc1)C(N)=O. The van der Waals surface area contributed by atoms with Crippen molar-refractivity contribution in [3.8, 4) is 0 Å². The van der Waals surface area contributed by atoms with Gasteiger partial charge in [-0.2, -0.15) is 0 Å². The fourth-order valence-corrected chi connectivity index (χ4v) is 1.72. The highest BCUT2D eigenvalue weighted by Crippen LogP contribution is 2.09. The average Bonchev–Trinajstić information content (AvgIpc) is 2.47. The van der Waals surface area contributed by atoms with Crippen LogP contribution >= 0.6 is 0 Å². The van der Waals surface area contributed by atoms with E-state index in [4.69, 9.17) is 10.5 Å². The summed E-state index contributed by atoms with van der Waals surface area (Å²) in [6, 6.07) is 2.22. The van der Waals surface area contributed by atoms with E-state index in [0.29, 0.717) is 5.56 Å². The van der Waals surface area contributed by atoms with Gasteiger partial charge < -0.3 is 15.8 Å². The summed E-state index contributed by atoms with van der Waals surface area (Å²) >= 11 is 0. The van der Waals surface area contributed by atoms with E-state index < -0.39 is 29.7 Å². The first-order chi connectivity index (χ1) is 9.95. The Morgan fingerprint density at radius 1 is 1.43 bits per heavy atom. The third-order valence-corrected chi connectivity index (χ3v) is 2.85. The molecule has 1 aromatic heterocycles. The fourth-order valence-electron chi connectivity index (χ4n) is 1.72. The van der Waals surface area contributed by atoms with E-state index in [9.17, 15) is 14.4 Å². The number of hydrogen-bond donors (Lipinski definition) is 2. The van der Waals surface area contributed by atoms with Crippen molar-refractivity contribution >= 4 is 17.8 Å². The standard InChI is InChI=1S/C14H19N3O4/c1-3-21-14(20)9(2)7-11(12(15)18)17-13(19)10-5-4-6-16-8-10/h4-6,8-9,11H,3,7H2,1-2H3,(H2,15,18)(H,17,19)/t9-,11-/m1/s1. The number of nitrogens with one attached hydrogen (secondary N) is 1. The molecule has 7 nitrogen and oxygen atoms in total. The van der Waals surface area contributed by atoms with Crippen LogP contribution in [0.25, 0.3) is 0 Å². The Morgan fingerprint density at radius 2 is 2.14 bits per heavy atom. The molecule has 0 radical (unpaired) electrons. The molecule has 0 aromatic carbocycles. The number of hydrogen-bond acceptors (Lipinski definition) is 5. The first-order valence-electron chi connectivity index (χ1n) is 6.62. The van der Waals surface area contributed by atoms with Crippen molar-refractivity contribution in [2.45, 2.75) is 26.3 Å². The van der Waals surface area contributed by atoms with Crippen LogP contribution in [0.2, 0.25) is 0 Å². The molecule has 1 aromatic rings. The second kappa shape index (κ2) is 7.98. The molecule has 0 unspecified atom stereocenters. The van der Waals surface area contributed by atoms with Crippen LogP contribution in [0.3, 0.4) is 0 Å². The van der Waals surface area contributed by atoms with Gasteiger partial charge in [0.1, 0.15) is 6.04 Å². The molecule has 114 valence electrons. The van der Waals surface area contributed by atoms with Crippen LogP contribution in [0.15, 0.2) is 24.5 Å². The molecule has 7 heteroatoms. The number of nitrogens with zero attached hydrogens (tertiary/aromatic N) is 1. The highest BCUT2D eigenvalue weighted by atomic mass is 16.5. The van der Waals surface area contributed by atoms with E-state index in [1.807, 2.05) is 0 Å². The van der Waals surface area contributed by atoms with E-state index in [1.165, 1.54) is 12.4 Å². The lowest BCUT2D eigenvalue weighted by Gasteiger charge is -2.18. The summed E-state index contributed by atoms with van der Waals surface area (Å²) in [5, 5.41) is 2.50. The van der Waals surface area contributed by atoms with E-state index in [0.717, 1.165) is 0 Å². The minimum Gasteiger partial charge on any atom is -0.466 e. The molecule has 1 heterocycles. The number of aromatic nitrogens is 1. The number of rotatable bonds is 7. The number of carbonyl (C=O) groups excluding carboxylic acids is 3. The molecule has 0 fully saturated rings. The summed E-state index contributed by atoms with van der Waals surface area (Å²) in [6.45, 7) is 3.57. The Bertz CT molecular complexity index is 504. The van der Waals surface area contributed by atoms with Gasteiger partial charge in [0, 0.05) is 12.4 Å². The predicted molar refractivity (Wildman–Crippen MR) is 75.1 cm³/mol. The van der Waals surface area contributed by atoms with Crippen LogP contribution in [0.1, 0.15) is 30.6 Å². The first-order valence-corrected chi connectivity index (χ1v) is 6.62. The Labute approximate surface area is 122 Å². The molecule has 2 atom stereocenters. The normalized spacial score (nSPS) is 13.0. The number of amides is 2. The van der Waals surface area contributed by atoms with Crippen molar-refractivity contribution in [3.05, 3.63) is 30.1 Å². The average molecular weight is 293 g/mol. The number of pyridine rings is 1. The van der Waals surface area contributed by atoms with Gasteiger partial charge in [-0.05, 0) is 25.5 Å². The molecule has 1 rings (SSSR count). The van der Waals surface area contributed by atoms with Crippen LogP contribution in [0.5, 0.6) is 0 Å². The third kappa shape index (κ3) is 5.21. The molecule has 3 N–H and O–H groups in total. The van der Waals surface area contributed by atoms with Crippen molar-refractivity contribution in [1.29, 1.82) is 0 Å². The molecule has 0 saturated heterocycles. The van der Waals surface area contributed by atoms with Crippen LogP contribution in [0.4, 0.5) is 0 Å². The number of primary amides is 1. The number of esters is 1. The zero-order valence-corrected chi connectivity index (χ0v) is 12.0. The fraction of sp³-hybridized carbons (Fsp3) is 0.429. The molecule has 0 aliphatic rings. The minimum absolute atomic E-state index is 0.0835. The van der Waals surface area contributed by atoms with E-state index in [1.54, 1.807) is 26.0 Å². The summed E-state index contributed by atoms with van der Waals surface area (Å²) in [7, 11) is 0. The highest BCUT2D eigenvalue weighted by Gasteiger charge is 2.25. The van der Waals surface area contributed by atoms with Crippen LogP contribution < -0.4 is 11.1 Å². The van der Waals surface area contributed by atoms with Gasteiger partial charge in [0.15, 0.2) is 0 Å². The molecular formula is C14H19N3O4. The van der Waals surface area contributed by atoms with Gasteiger partial charge in [0.2, 0.25) is 5.91 Å². The maximum atomic E-state index is 12.0. The van der Waals surface area contributed by atoms with Crippen molar-refractivity contribution < 1.29 is 19.1 Å². The largest absolute Gasteiger partial charge is 0.466 e. The second-order valence-electron chi connectivity index (χ2n) is 4.56. The Kier molecular flexibility index (Phi) is 6.32. The minimum atomic E-state index is -0.947. The summed E-state index contributed by atoms with van der Waals surface area (Å²) in [6.07, 6.45) is 2.99. The lowest BCUT2D eigenvalue weighted by molar-refractivity contribution is -0.147. The number of ether oxygens (including phenoxy) is 1. The molecule has 2 amide bonds. The molecule has 0 aliphatic heterocycles. The first kappa shape index (κ1) is 16.6. The molecule has 0 saturated carbocycles. The predicted octanol–water partition coefficient (Wildman–Crippen LogP) is 0.255. The number of carbonyl (C=O) groups is 3. The molecular weight excluding hydrogens is 274 g/mol. The van der Waals surface area contributed by atoms with Crippen LogP contribution in [0, 0.1) is 5.92 Å². The Balaban J connectivity index is 2.68. The smallest absolute Gasteiger partial charge is 0.308 e. The third-order valence-electron chi connectivity index (χ3n) is 2.85. The number of nitrogens with two attached hydrogens (primary N) is 1. The van der Waals surface area contributed by atoms with Crippen molar-refractivity contribution in [2.75, 3.05) is 6.61 Å². The quantitative estimate of drug-likeness (QED) is 0.700. The lowest BCUT2D eigenvalue weighted by atomic mass is 10.0. The Hall–Kier alpha value is -2.44. The van der Waals surface area contributed by atoms with Crippen molar-refractivity contribution in [1.82, 2.24) is 10.3 Å². The summed E-state index contributed by atoms with van der Waals surface area (Å²) in [5.41, 5.74) is 5.58. The van der Waals surface area contributed by atoms with Gasteiger partial charge in [0.05, 0.1) is 18.1 Å². The van der Waals surface area contributed by atoms with Gasteiger partial charge in [-0.25, -0.2) is 0 Å². The van der Waals surface area contributed by atoms with E-state index >= 15 is 0 Å². The van der Waals surface area contributed by atoms with Crippen LogP contribution in [-0.4, -0.2) is 35.4 Å².